The van der Waals surface area contributed by atoms with Gasteiger partial charge in [0.1, 0.15) is 0 Å². The van der Waals surface area contributed by atoms with Crippen molar-refractivity contribution in [3.63, 3.8) is 0 Å². The fourth-order valence-electron chi connectivity index (χ4n) is 1.12. The molecule has 0 saturated heterocycles. The van der Waals surface area contributed by atoms with Crippen LogP contribution < -0.4 is 0 Å². The molecule has 0 aliphatic carbocycles. The first-order valence-corrected chi connectivity index (χ1v) is 5.34. The maximum atomic E-state index is 12.3. The molecule has 2 heterocycles. The molecule has 2 rings (SSSR count). The van der Waals surface area contributed by atoms with Crippen LogP contribution in [0.25, 0.3) is 4.96 Å². The molecule has 0 spiro atoms. The first-order valence-electron chi connectivity index (χ1n) is 4.52. The Morgan fingerprint density at radius 2 is 2.29 bits per heavy atom. The van der Waals surface area contributed by atoms with Gasteiger partial charge in [-0.1, -0.05) is 11.3 Å². The van der Waals surface area contributed by atoms with Crippen molar-refractivity contribution in [2.75, 3.05) is 6.61 Å². The topological polar surface area (TPSA) is 56.5 Å². The summed E-state index contributed by atoms with van der Waals surface area (Å²) in [6.45, 7) is 1.79. The molecule has 9 heteroatoms. The van der Waals surface area contributed by atoms with Crippen LogP contribution in [0.5, 0.6) is 0 Å². The molecule has 0 bridgehead atoms. The Kier molecular flexibility index (Phi) is 2.77. The monoisotopic (exact) mass is 265 g/mol. The fraction of sp³-hybridized carbons (Fsp3) is 0.375. The Morgan fingerprint density at radius 1 is 1.59 bits per heavy atom. The van der Waals surface area contributed by atoms with Crippen molar-refractivity contribution in [3.05, 3.63) is 16.9 Å². The first-order chi connectivity index (χ1) is 7.91. The summed E-state index contributed by atoms with van der Waals surface area (Å²) in [6, 6.07) is 0. The lowest BCUT2D eigenvalue weighted by molar-refractivity contribution is -0.138. The molecule has 0 aromatic carbocycles. The van der Waals surface area contributed by atoms with Crippen molar-refractivity contribution in [1.82, 2.24) is 14.6 Å². The number of hydrogen-bond donors (Lipinski definition) is 0. The van der Waals surface area contributed by atoms with Gasteiger partial charge in [-0.25, -0.2) is 14.3 Å². The van der Waals surface area contributed by atoms with Gasteiger partial charge in [-0.2, -0.15) is 13.2 Å². The molecule has 92 valence electrons. The van der Waals surface area contributed by atoms with Crippen LogP contribution in [-0.4, -0.2) is 27.2 Å². The van der Waals surface area contributed by atoms with Gasteiger partial charge in [0.2, 0.25) is 9.97 Å². The number of imidazole rings is 1. The Bertz CT molecular complexity index is 528. The highest BCUT2D eigenvalue weighted by atomic mass is 32.1. The molecule has 0 aliphatic rings. The lowest BCUT2D eigenvalue weighted by Crippen LogP contribution is -2.06. The zero-order chi connectivity index (χ0) is 12.6. The Balaban J connectivity index is 2.35. The first kappa shape index (κ1) is 11.8. The Morgan fingerprint density at radius 3 is 2.82 bits per heavy atom. The maximum absolute atomic E-state index is 12.3. The summed E-state index contributed by atoms with van der Waals surface area (Å²) in [6.07, 6.45) is -3.39. The number of ether oxygens (including phenoxy) is 1. The van der Waals surface area contributed by atoms with Gasteiger partial charge < -0.3 is 4.74 Å². The zero-order valence-corrected chi connectivity index (χ0v) is 9.30. The third-order valence-corrected chi connectivity index (χ3v) is 2.74. The van der Waals surface area contributed by atoms with E-state index < -0.39 is 17.2 Å². The Labute approximate surface area is 96.8 Å². The van der Waals surface area contributed by atoms with E-state index in [1.165, 1.54) is 0 Å². The lowest BCUT2D eigenvalue weighted by atomic mass is 10.5. The molecule has 2 aromatic rings. The second-order valence-electron chi connectivity index (χ2n) is 2.98. The summed E-state index contributed by atoms with van der Waals surface area (Å²) in [5.41, 5.74) is -0.0562. The van der Waals surface area contributed by atoms with Crippen LogP contribution in [0, 0.1) is 0 Å². The van der Waals surface area contributed by atoms with Crippen molar-refractivity contribution >= 4 is 22.3 Å². The van der Waals surface area contributed by atoms with E-state index in [1.54, 1.807) is 6.92 Å². The number of aromatic nitrogens is 3. The van der Waals surface area contributed by atoms with Crippen molar-refractivity contribution in [2.24, 2.45) is 0 Å². The molecule has 0 amide bonds. The normalized spacial score (nSPS) is 12.0. The van der Waals surface area contributed by atoms with Crippen LogP contribution in [0.4, 0.5) is 13.2 Å². The number of hydrogen-bond acceptors (Lipinski definition) is 5. The standard InChI is InChI=1S/C8H6F3N3O2S/c1-2-16-5(15)4-3-14-7(12-4)17-6(13-14)8(9,10)11/h3H,2H2,1H3. The van der Waals surface area contributed by atoms with E-state index in [4.69, 9.17) is 0 Å². The summed E-state index contributed by atoms with van der Waals surface area (Å²) in [7, 11) is 0. The van der Waals surface area contributed by atoms with E-state index in [1.807, 2.05) is 0 Å². The minimum Gasteiger partial charge on any atom is -0.461 e. The van der Waals surface area contributed by atoms with Gasteiger partial charge in [0.05, 0.1) is 12.8 Å². The van der Waals surface area contributed by atoms with Gasteiger partial charge >= 0.3 is 12.1 Å². The summed E-state index contributed by atoms with van der Waals surface area (Å²) < 4.78 is 42.5. The number of nitrogens with zero attached hydrogens (tertiary/aromatic N) is 3. The van der Waals surface area contributed by atoms with Gasteiger partial charge in [0.25, 0.3) is 0 Å². The van der Waals surface area contributed by atoms with Crippen LogP contribution in [0.3, 0.4) is 0 Å². The van der Waals surface area contributed by atoms with E-state index in [-0.39, 0.29) is 17.3 Å². The van der Waals surface area contributed by atoms with E-state index >= 15 is 0 Å². The van der Waals surface area contributed by atoms with Crippen LogP contribution in [-0.2, 0) is 10.9 Å². The van der Waals surface area contributed by atoms with Gasteiger partial charge in [0.15, 0.2) is 5.69 Å². The van der Waals surface area contributed by atoms with Crippen molar-refractivity contribution < 1.29 is 22.7 Å². The molecular weight excluding hydrogens is 259 g/mol. The second-order valence-corrected chi connectivity index (χ2v) is 3.93. The van der Waals surface area contributed by atoms with E-state index in [2.05, 4.69) is 14.8 Å². The van der Waals surface area contributed by atoms with E-state index in [9.17, 15) is 18.0 Å². The Hall–Kier alpha value is -1.64. The average molecular weight is 265 g/mol. The molecule has 0 N–H and O–H groups in total. The highest BCUT2D eigenvalue weighted by Gasteiger charge is 2.36. The van der Waals surface area contributed by atoms with Crippen LogP contribution in [0.1, 0.15) is 22.4 Å². The average Bonchev–Trinajstić information content (AvgIpc) is 2.72. The number of fused-ring (bicyclic) bond motifs is 1. The summed E-state index contributed by atoms with van der Waals surface area (Å²) in [5, 5.41) is 2.28. The molecule has 0 saturated carbocycles. The fourth-order valence-corrected chi connectivity index (χ4v) is 1.87. The summed E-state index contributed by atoms with van der Waals surface area (Å²) in [4.78, 5) is 15.0. The quantitative estimate of drug-likeness (QED) is 0.779. The smallest absolute Gasteiger partial charge is 0.445 e. The van der Waals surface area contributed by atoms with Gasteiger partial charge in [-0.15, -0.1) is 5.10 Å². The highest BCUT2D eigenvalue weighted by molar-refractivity contribution is 7.16. The predicted octanol–water partition coefficient (Wildman–Crippen LogP) is 1.99. The van der Waals surface area contributed by atoms with Crippen LogP contribution >= 0.6 is 11.3 Å². The number of rotatable bonds is 2. The molecule has 2 aromatic heterocycles. The number of halogens is 3. The van der Waals surface area contributed by atoms with Crippen molar-refractivity contribution in [2.45, 2.75) is 13.1 Å². The second kappa shape index (κ2) is 3.99. The molecule has 5 nitrogen and oxygen atoms in total. The van der Waals surface area contributed by atoms with Gasteiger partial charge in [-0.3, -0.25) is 0 Å². The SMILES string of the molecule is CCOC(=O)c1cn2nc(C(F)(F)F)sc2n1. The molecule has 0 unspecified atom stereocenters. The van der Waals surface area contributed by atoms with Gasteiger partial charge in [0, 0.05) is 0 Å². The molecule has 0 atom stereocenters. The van der Waals surface area contributed by atoms with Crippen LogP contribution in [0.2, 0.25) is 0 Å². The molecular formula is C8H6F3N3O2S. The van der Waals surface area contributed by atoms with Gasteiger partial charge in [-0.05, 0) is 6.92 Å². The summed E-state index contributed by atoms with van der Waals surface area (Å²) in [5.74, 6) is -0.682. The molecule has 0 aliphatic heterocycles. The largest absolute Gasteiger partial charge is 0.461 e. The zero-order valence-electron chi connectivity index (χ0n) is 8.48. The molecule has 17 heavy (non-hydrogen) atoms. The third-order valence-electron chi connectivity index (χ3n) is 1.77. The number of esters is 1. The highest BCUT2D eigenvalue weighted by Crippen LogP contribution is 2.32. The van der Waals surface area contributed by atoms with Crippen molar-refractivity contribution in [3.8, 4) is 0 Å². The minimum absolute atomic E-state index is 0.000350. The lowest BCUT2D eigenvalue weighted by Gasteiger charge is -1.98. The predicted molar refractivity (Wildman–Crippen MR) is 51.8 cm³/mol. The maximum Gasteiger partial charge on any atom is 0.445 e. The van der Waals surface area contributed by atoms with Crippen LogP contribution in [0.15, 0.2) is 6.20 Å². The van der Waals surface area contributed by atoms with E-state index in [0.29, 0.717) is 11.3 Å². The van der Waals surface area contributed by atoms with Crippen molar-refractivity contribution in [1.29, 1.82) is 0 Å². The third kappa shape index (κ3) is 2.23. The van der Waals surface area contributed by atoms with E-state index in [0.717, 1.165) is 10.7 Å². The molecule has 0 fully saturated rings. The summed E-state index contributed by atoms with van der Waals surface area (Å²) >= 11 is 0.369. The number of alkyl halides is 3. The number of carbonyl (C=O) groups excluding carboxylic acids is 1. The minimum atomic E-state index is -4.50. The number of carbonyl (C=O) groups is 1. The molecule has 0 radical (unpaired) electrons.